The van der Waals surface area contributed by atoms with E-state index < -0.39 is 0 Å². The van der Waals surface area contributed by atoms with Gasteiger partial charge in [0.05, 0.1) is 23.4 Å². The lowest BCUT2D eigenvalue weighted by molar-refractivity contribution is 0.242. The number of ether oxygens (including phenoxy) is 1. The van der Waals surface area contributed by atoms with Crippen molar-refractivity contribution in [2.75, 3.05) is 6.54 Å². The SMILES string of the molecule is Cc1c(-c2ccc(OC(C)C)c(Cl)c2)nc2n1CCNC2. The molecule has 1 aromatic heterocycles. The van der Waals surface area contributed by atoms with Crippen molar-refractivity contribution in [3.8, 4) is 17.0 Å². The molecule has 1 aromatic carbocycles. The van der Waals surface area contributed by atoms with Crippen LogP contribution in [0.25, 0.3) is 11.3 Å². The van der Waals surface area contributed by atoms with Gasteiger partial charge in [0.15, 0.2) is 0 Å². The molecule has 0 atom stereocenters. The molecule has 0 aliphatic carbocycles. The number of halogens is 1. The Morgan fingerprint density at radius 1 is 1.38 bits per heavy atom. The Morgan fingerprint density at radius 2 is 2.19 bits per heavy atom. The number of hydrogen-bond acceptors (Lipinski definition) is 3. The fourth-order valence-electron chi connectivity index (χ4n) is 2.69. The third-order valence-corrected chi connectivity index (χ3v) is 3.96. The van der Waals surface area contributed by atoms with E-state index in [-0.39, 0.29) is 6.10 Å². The van der Waals surface area contributed by atoms with E-state index in [0.717, 1.165) is 42.5 Å². The second-order valence-electron chi connectivity index (χ2n) is 5.60. The summed E-state index contributed by atoms with van der Waals surface area (Å²) in [5.41, 5.74) is 3.24. The van der Waals surface area contributed by atoms with Gasteiger partial charge in [-0.3, -0.25) is 0 Å². The largest absolute Gasteiger partial charge is 0.489 e. The highest BCUT2D eigenvalue weighted by molar-refractivity contribution is 6.32. The Kier molecular flexibility index (Phi) is 3.91. The Bertz CT molecular complexity index is 664. The average molecular weight is 306 g/mol. The predicted octanol–water partition coefficient (Wildman–Crippen LogP) is 3.40. The Labute approximate surface area is 130 Å². The highest BCUT2D eigenvalue weighted by atomic mass is 35.5. The van der Waals surface area contributed by atoms with Crippen LogP contribution >= 0.6 is 11.6 Å². The van der Waals surface area contributed by atoms with Crippen molar-refractivity contribution in [2.24, 2.45) is 0 Å². The summed E-state index contributed by atoms with van der Waals surface area (Å²) in [6, 6.07) is 5.89. The molecular formula is C16H20ClN3O. The first kappa shape index (κ1) is 14.4. The van der Waals surface area contributed by atoms with Crippen LogP contribution in [0.5, 0.6) is 5.75 Å². The third-order valence-electron chi connectivity index (χ3n) is 3.66. The van der Waals surface area contributed by atoms with Gasteiger partial charge in [-0.2, -0.15) is 0 Å². The number of imidazole rings is 1. The molecule has 3 rings (SSSR count). The molecule has 2 aromatic rings. The van der Waals surface area contributed by atoms with Crippen molar-refractivity contribution in [1.29, 1.82) is 0 Å². The second-order valence-corrected chi connectivity index (χ2v) is 6.01. The van der Waals surface area contributed by atoms with Crippen LogP contribution in [0, 0.1) is 6.92 Å². The molecule has 21 heavy (non-hydrogen) atoms. The van der Waals surface area contributed by atoms with Gasteiger partial charge in [0.1, 0.15) is 11.6 Å². The van der Waals surface area contributed by atoms with E-state index in [0.29, 0.717) is 5.02 Å². The standard InChI is InChI=1S/C16H20ClN3O/c1-10(2)21-14-5-4-12(8-13(14)17)16-11(3)20-7-6-18-9-15(20)19-16/h4-5,8,10,18H,6-7,9H2,1-3H3. The fraction of sp³-hybridized carbons (Fsp3) is 0.438. The zero-order valence-corrected chi connectivity index (χ0v) is 13.4. The van der Waals surface area contributed by atoms with Gasteiger partial charge in [-0.15, -0.1) is 0 Å². The van der Waals surface area contributed by atoms with Crippen molar-refractivity contribution >= 4 is 11.6 Å². The molecule has 0 fully saturated rings. The number of rotatable bonds is 3. The molecule has 5 heteroatoms. The second kappa shape index (κ2) is 5.70. The molecule has 0 amide bonds. The first-order chi connectivity index (χ1) is 10.1. The Balaban J connectivity index is 1.97. The molecule has 0 unspecified atom stereocenters. The lowest BCUT2D eigenvalue weighted by Crippen LogP contribution is -2.28. The molecule has 0 spiro atoms. The maximum atomic E-state index is 6.33. The normalized spacial score (nSPS) is 14.3. The maximum Gasteiger partial charge on any atom is 0.138 e. The number of fused-ring (bicyclic) bond motifs is 1. The minimum Gasteiger partial charge on any atom is -0.489 e. The summed E-state index contributed by atoms with van der Waals surface area (Å²) in [6.07, 6.45) is 0.112. The molecule has 1 aliphatic heterocycles. The van der Waals surface area contributed by atoms with Crippen LogP contribution in [0.15, 0.2) is 18.2 Å². The molecule has 112 valence electrons. The van der Waals surface area contributed by atoms with Gasteiger partial charge in [0.25, 0.3) is 0 Å². The van der Waals surface area contributed by atoms with Crippen molar-refractivity contribution in [3.05, 3.63) is 34.7 Å². The molecular weight excluding hydrogens is 286 g/mol. The quantitative estimate of drug-likeness (QED) is 0.944. The third kappa shape index (κ3) is 2.78. The van der Waals surface area contributed by atoms with Gasteiger partial charge in [-0.05, 0) is 39.0 Å². The van der Waals surface area contributed by atoms with Crippen LogP contribution < -0.4 is 10.1 Å². The van der Waals surface area contributed by atoms with E-state index >= 15 is 0 Å². The molecule has 0 saturated carbocycles. The molecule has 0 saturated heterocycles. The summed E-state index contributed by atoms with van der Waals surface area (Å²) in [6.45, 7) is 8.88. The fourth-order valence-corrected chi connectivity index (χ4v) is 2.91. The highest BCUT2D eigenvalue weighted by Crippen LogP contribution is 2.32. The number of hydrogen-bond donors (Lipinski definition) is 1. The predicted molar refractivity (Wildman–Crippen MR) is 84.9 cm³/mol. The summed E-state index contributed by atoms with van der Waals surface area (Å²) >= 11 is 6.33. The lowest BCUT2D eigenvalue weighted by atomic mass is 10.1. The van der Waals surface area contributed by atoms with E-state index in [1.54, 1.807) is 0 Å². The van der Waals surface area contributed by atoms with Gasteiger partial charge in [-0.1, -0.05) is 11.6 Å². The first-order valence-corrected chi connectivity index (χ1v) is 7.67. The van der Waals surface area contributed by atoms with E-state index in [2.05, 4.69) is 16.8 Å². The molecule has 2 heterocycles. The smallest absolute Gasteiger partial charge is 0.138 e. The van der Waals surface area contributed by atoms with Crippen LogP contribution in [0.2, 0.25) is 5.02 Å². The van der Waals surface area contributed by atoms with Crippen molar-refractivity contribution < 1.29 is 4.74 Å². The zero-order chi connectivity index (χ0) is 15.0. The molecule has 0 radical (unpaired) electrons. The maximum absolute atomic E-state index is 6.33. The van der Waals surface area contributed by atoms with E-state index in [1.807, 2.05) is 32.0 Å². The van der Waals surface area contributed by atoms with Gasteiger partial charge >= 0.3 is 0 Å². The van der Waals surface area contributed by atoms with Crippen LogP contribution in [-0.2, 0) is 13.1 Å². The zero-order valence-electron chi connectivity index (χ0n) is 12.6. The lowest BCUT2D eigenvalue weighted by Gasteiger charge is -2.16. The van der Waals surface area contributed by atoms with Crippen molar-refractivity contribution in [2.45, 2.75) is 40.0 Å². The number of benzene rings is 1. The average Bonchev–Trinajstić information content (AvgIpc) is 2.79. The summed E-state index contributed by atoms with van der Waals surface area (Å²) in [4.78, 5) is 4.75. The van der Waals surface area contributed by atoms with Gasteiger partial charge in [0, 0.05) is 24.3 Å². The summed E-state index contributed by atoms with van der Waals surface area (Å²) in [7, 11) is 0. The molecule has 1 aliphatic rings. The molecule has 4 nitrogen and oxygen atoms in total. The topological polar surface area (TPSA) is 39.1 Å². The number of nitrogens with one attached hydrogen (secondary N) is 1. The number of aromatic nitrogens is 2. The highest BCUT2D eigenvalue weighted by Gasteiger charge is 2.18. The molecule has 0 bridgehead atoms. The van der Waals surface area contributed by atoms with Gasteiger partial charge in [0.2, 0.25) is 0 Å². The molecule has 1 N–H and O–H groups in total. The summed E-state index contributed by atoms with van der Waals surface area (Å²) in [5.74, 6) is 1.81. The van der Waals surface area contributed by atoms with Crippen LogP contribution in [0.1, 0.15) is 25.4 Å². The van der Waals surface area contributed by atoms with Crippen LogP contribution in [0.4, 0.5) is 0 Å². The minimum absolute atomic E-state index is 0.112. The summed E-state index contributed by atoms with van der Waals surface area (Å²) < 4.78 is 7.96. The monoisotopic (exact) mass is 305 g/mol. The first-order valence-electron chi connectivity index (χ1n) is 7.29. The van der Waals surface area contributed by atoms with E-state index in [4.69, 9.17) is 21.3 Å². The Hall–Kier alpha value is -1.52. The van der Waals surface area contributed by atoms with E-state index in [1.165, 1.54) is 5.69 Å². The number of nitrogens with zero attached hydrogens (tertiary/aromatic N) is 2. The van der Waals surface area contributed by atoms with Crippen molar-refractivity contribution in [3.63, 3.8) is 0 Å². The van der Waals surface area contributed by atoms with Gasteiger partial charge in [-0.25, -0.2) is 4.98 Å². The van der Waals surface area contributed by atoms with Crippen LogP contribution in [-0.4, -0.2) is 22.2 Å². The summed E-state index contributed by atoms with van der Waals surface area (Å²) in [5, 5.41) is 3.97. The Morgan fingerprint density at radius 3 is 2.86 bits per heavy atom. The van der Waals surface area contributed by atoms with Crippen molar-refractivity contribution in [1.82, 2.24) is 14.9 Å². The van der Waals surface area contributed by atoms with E-state index in [9.17, 15) is 0 Å². The van der Waals surface area contributed by atoms with Crippen LogP contribution in [0.3, 0.4) is 0 Å². The minimum atomic E-state index is 0.112. The van der Waals surface area contributed by atoms with Gasteiger partial charge < -0.3 is 14.6 Å².